The van der Waals surface area contributed by atoms with E-state index >= 15 is 0 Å². The van der Waals surface area contributed by atoms with Gasteiger partial charge in [0.15, 0.2) is 18.2 Å². The van der Waals surface area contributed by atoms with Crippen LogP contribution in [-0.4, -0.2) is 28.9 Å². The molecule has 6 nitrogen and oxygen atoms in total. The highest BCUT2D eigenvalue weighted by molar-refractivity contribution is 5.78. The lowest BCUT2D eigenvalue weighted by atomic mass is 10.1. The summed E-state index contributed by atoms with van der Waals surface area (Å²) in [6.07, 6.45) is 3.68. The standard InChI is InChI=1S/C30H32FN3O3/c1-4-5-16-36-27-15-14-23(17-26(27)31)29-24(19-34(33-29)25-12-7-6-8-13-25)18-32-28(35)20-37-30-21(2)10-9-11-22(30)3/h6-15,17,19H,4-5,16,18,20H2,1-3H3,(H,32,35). The number of rotatable bonds is 11. The Bertz CT molecular complexity index is 1330. The van der Waals surface area contributed by atoms with E-state index in [1.54, 1.807) is 16.8 Å². The monoisotopic (exact) mass is 501 g/mol. The van der Waals surface area contributed by atoms with Crippen molar-refractivity contribution in [3.63, 3.8) is 0 Å². The number of hydrogen-bond donors (Lipinski definition) is 1. The molecule has 0 atom stereocenters. The Kier molecular flexibility index (Phi) is 8.56. The van der Waals surface area contributed by atoms with Crippen LogP contribution in [0.25, 0.3) is 16.9 Å². The summed E-state index contributed by atoms with van der Waals surface area (Å²) in [7, 11) is 0. The SMILES string of the molecule is CCCCOc1ccc(-c2nn(-c3ccccc3)cc2CNC(=O)COc2c(C)cccc2C)cc1F. The fraction of sp³-hybridized carbons (Fsp3) is 0.267. The van der Waals surface area contributed by atoms with Crippen molar-refractivity contribution in [3.8, 4) is 28.4 Å². The van der Waals surface area contributed by atoms with Crippen molar-refractivity contribution >= 4 is 5.91 Å². The van der Waals surface area contributed by atoms with Gasteiger partial charge < -0.3 is 14.8 Å². The summed E-state index contributed by atoms with van der Waals surface area (Å²) < 4.78 is 27.9. The maximum atomic E-state index is 14.8. The fourth-order valence-electron chi connectivity index (χ4n) is 4.00. The Labute approximate surface area is 217 Å². The predicted molar refractivity (Wildman–Crippen MR) is 143 cm³/mol. The molecule has 0 saturated heterocycles. The second-order valence-corrected chi connectivity index (χ2v) is 8.92. The number of ether oxygens (including phenoxy) is 2. The highest BCUT2D eigenvalue weighted by Crippen LogP contribution is 2.28. The maximum Gasteiger partial charge on any atom is 0.258 e. The van der Waals surface area contributed by atoms with Crippen molar-refractivity contribution in [2.75, 3.05) is 13.2 Å². The van der Waals surface area contributed by atoms with E-state index < -0.39 is 5.82 Å². The first-order valence-electron chi connectivity index (χ1n) is 12.5. The highest BCUT2D eigenvalue weighted by Gasteiger charge is 2.16. The minimum Gasteiger partial charge on any atom is -0.491 e. The number of halogens is 1. The Morgan fingerprint density at radius 3 is 2.46 bits per heavy atom. The van der Waals surface area contributed by atoms with Gasteiger partial charge in [-0.25, -0.2) is 9.07 Å². The van der Waals surface area contributed by atoms with Gasteiger partial charge in [-0.05, 0) is 61.7 Å². The molecule has 1 aromatic heterocycles. The summed E-state index contributed by atoms with van der Waals surface area (Å²) in [5.74, 6) is 0.233. The van der Waals surface area contributed by atoms with Gasteiger partial charge in [0.05, 0.1) is 18.0 Å². The van der Waals surface area contributed by atoms with Crippen molar-refractivity contribution in [2.45, 2.75) is 40.2 Å². The molecule has 0 radical (unpaired) electrons. The number of unbranched alkanes of at least 4 members (excludes halogenated alkanes) is 1. The van der Waals surface area contributed by atoms with Crippen LogP contribution in [0, 0.1) is 19.7 Å². The van der Waals surface area contributed by atoms with Crippen molar-refractivity contribution in [2.24, 2.45) is 0 Å². The van der Waals surface area contributed by atoms with Crippen LogP contribution in [0.2, 0.25) is 0 Å². The summed E-state index contributed by atoms with van der Waals surface area (Å²) in [4.78, 5) is 12.6. The molecule has 4 aromatic rings. The van der Waals surface area contributed by atoms with E-state index in [0.29, 0.717) is 23.6 Å². The molecule has 0 saturated carbocycles. The van der Waals surface area contributed by atoms with Gasteiger partial charge >= 0.3 is 0 Å². The van der Waals surface area contributed by atoms with Crippen LogP contribution in [0.5, 0.6) is 11.5 Å². The number of hydrogen-bond acceptors (Lipinski definition) is 4. The summed E-state index contributed by atoms with van der Waals surface area (Å²) in [5, 5.41) is 7.63. The number of aryl methyl sites for hydroxylation is 2. The molecule has 0 aliphatic heterocycles. The average Bonchev–Trinajstić information content (AvgIpc) is 3.33. The van der Waals surface area contributed by atoms with Gasteiger partial charge in [0, 0.05) is 23.9 Å². The number of aromatic nitrogens is 2. The molecular formula is C30H32FN3O3. The van der Waals surface area contributed by atoms with Crippen molar-refractivity contribution in [1.29, 1.82) is 0 Å². The van der Waals surface area contributed by atoms with Crippen LogP contribution in [0.1, 0.15) is 36.5 Å². The van der Waals surface area contributed by atoms with Gasteiger partial charge in [-0.1, -0.05) is 49.7 Å². The average molecular weight is 502 g/mol. The Morgan fingerprint density at radius 2 is 1.76 bits per heavy atom. The molecule has 3 aromatic carbocycles. The Balaban J connectivity index is 1.52. The zero-order valence-electron chi connectivity index (χ0n) is 21.5. The van der Waals surface area contributed by atoms with Crippen LogP contribution >= 0.6 is 0 Å². The minimum absolute atomic E-state index is 0.105. The number of carbonyl (C=O) groups excluding carboxylic acids is 1. The minimum atomic E-state index is -0.445. The van der Waals surface area contributed by atoms with E-state index in [9.17, 15) is 9.18 Å². The first kappa shape index (κ1) is 25.9. The van der Waals surface area contributed by atoms with Crippen molar-refractivity contribution in [3.05, 3.63) is 95.4 Å². The second kappa shape index (κ2) is 12.2. The lowest BCUT2D eigenvalue weighted by Gasteiger charge is -2.12. The van der Waals surface area contributed by atoms with E-state index in [4.69, 9.17) is 14.6 Å². The molecule has 37 heavy (non-hydrogen) atoms. The quantitative estimate of drug-likeness (QED) is 0.250. The van der Waals surface area contributed by atoms with Gasteiger partial charge in [0.2, 0.25) is 0 Å². The largest absolute Gasteiger partial charge is 0.491 e. The smallest absolute Gasteiger partial charge is 0.258 e. The van der Waals surface area contributed by atoms with Crippen molar-refractivity contribution in [1.82, 2.24) is 15.1 Å². The Morgan fingerprint density at radius 1 is 1.00 bits per heavy atom. The maximum absolute atomic E-state index is 14.8. The molecule has 0 aliphatic carbocycles. The lowest BCUT2D eigenvalue weighted by molar-refractivity contribution is -0.123. The van der Waals surface area contributed by atoms with Gasteiger partial charge in [0.1, 0.15) is 5.75 Å². The zero-order valence-corrected chi connectivity index (χ0v) is 21.5. The third-order valence-electron chi connectivity index (χ3n) is 6.00. The Hall–Kier alpha value is -4.13. The van der Waals surface area contributed by atoms with E-state index in [2.05, 4.69) is 12.2 Å². The van der Waals surface area contributed by atoms with Gasteiger partial charge in [0.25, 0.3) is 5.91 Å². The molecule has 192 valence electrons. The first-order chi connectivity index (χ1) is 18.0. The van der Waals surface area contributed by atoms with Crippen LogP contribution in [-0.2, 0) is 11.3 Å². The predicted octanol–water partition coefficient (Wildman–Crippen LogP) is 6.17. The van der Waals surface area contributed by atoms with E-state index in [0.717, 1.165) is 35.2 Å². The normalized spacial score (nSPS) is 10.8. The first-order valence-corrected chi connectivity index (χ1v) is 12.5. The second-order valence-electron chi connectivity index (χ2n) is 8.92. The molecule has 0 spiro atoms. The number of benzene rings is 3. The molecule has 0 bridgehead atoms. The molecule has 4 rings (SSSR count). The molecular weight excluding hydrogens is 469 g/mol. The fourth-order valence-corrected chi connectivity index (χ4v) is 4.00. The zero-order chi connectivity index (χ0) is 26.2. The molecule has 1 N–H and O–H groups in total. The molecule has 0 unspecified atom stereocenters. The topological polar surface area (TPSA) is 65.4 Å². The van der Waals surface area contributed by atoms with Crippen molar-refractivity contribution < 1.29 is 18.7 Å². The summed E-state index contributed by atoms with van der Waals surface area (Å²) in [5.41, 5.74) is 4.75. The van der Waals surface area contributed by atoms with Gasteiger partial charge in [-0.15, -0.1) is 0 Å². The van der Waals surface area contributed by atoms with E-state index in [1.165, 1.54) is 6.07 Å². The summed E-state index contributed by atoms with van der Waals surface area (Å²) in [6.45, 7) is 6.53. The van der Waals surface area contributed by atoms with Gasteiger partial charge in [-0.3, -0.25) is 4.79 Å². The third-order valence-corrected chi connectivity index (χ3v) is 6.00. The van der Waals surface area contributed by atoms with E-state index in [1.807, 2.05) is 68.6 Å². The van der Waals surface area contributed by atoms with Gasteiger partial charge in [-0.2, -0.15) is 5.10 Å². The van der Waals surface area contributed by atoms with Crippen LogP contribution in [0.4, 0.5) is 4.39 Å². The molecule has 0 fully saturated rings. The number of nitrogens with zero attached hydrogens (tertiary/aromatic N) is 2. The molecule has 1 amide bonds. The lowest BCUT2D eigenvalue weighted by Crippen LogP contribution is -2.28. The number of nitrogens with one attached hydrogen (secondary N) is 1. The van der Waals surface area contributed by atoms with Crippen LogP contribution in [0.15, 0.2) is 72.9 Å². The van der Waals surface area contributed by atoms with Crippen LogP contribution < -0.4 is 14.8 Å². The number of amides is 1. The van der Waals surface area contributed by atoms with Crippen LogP contribution in [0.3, 0.4) is 0 Å². The van der Waals surface area contributed by atoms with E-state index in [-0.39, 0.29) is 24.8 Å². The third kappa shape index (κ3) is 6.55. The molecule has 1 heterocycles. The highest BCUT2D eigenvalue weighted by atomic mass is 19.1. The summed E-state index contributed by atoms with van der Waals surface area (Å²) >= 11 is 0. The summed E-state index contributed by atoms with van der Waals surface area (Å²) in [6, 6.07) is 20.3. The number of carbonyl (C=O) groups is 1. The molecule has 0 aliphatic rings. The molecule has 7 heteroatoms. The number of para-hydroxylation sites is 2.